The molecule has 4 rings (SSSR count). The van der Waals surface area contributed by atoms with E-state index < -0.39 is 4.92 Å². The van der Waals surface area contributed by atoms with Crippen molar-refractivity contribution in [2.75, 3.05) is 14.2 Å². The monoisotopic (exact) mass is 437 g/mol. The average molecular weight is 438 g/mol. The molecule has 3 heterocycles. The first-order valence-electron chi connectivity index (χ1n) is 9.79. The lowest BCUT2D eigenvalue weighted by Gasteiger charge is -2.24. The van der Waals surface area contributed by atoms with Crippen LogP contribution >= 0.6 is 12.2 Å². The van der Waals surface area contributed by atoms with E-state index in [1.807, 2.05) is 44.0 Å². The number of non-ortho nitro benzene ring substituents is 1. The second-order valence-corrected chi connectivity index (χ2v) is 7.90. The van der Waals surface area contributed by atoms with Crippen molar-refractivity contribution < 1.29 is 9.66 Å². The molecule has 0 aliphatic carbocycles. The SMILES string of the molecule is COc1cc([N+](=O)[O-])ccc1-n1c(C)cc(C2C(c3ccccn3)NC(=S)N2C)c1C. The number of benzene rings is 1. The second-order valence-electron chi connectivity index (χ2n) is 7.51. The highest BCUT2D eigenvalue weighted by atomic mass is 32.1. The third-order valence-electron chi connectivity index (χ3n) is 5.74. The summed E-state index contributed by atoms with van der Waals surface area (Å²) in [4.78, 5) is 17.3. The van der Waals surface area contributed by atoms with Gasteiger partial charge in [-0.05, 0) is 55.9 Å². The van der Waals surface area contributed by atoms with E-state index in [-0.39, 0.29) is 17.8 Å². The van der Waals surface area contributed by atoms with Crippen LogP contribution in [0.25, 0.3) is 5.69 Å². The van der Waals surface area contributed by atoms with Crippen molar-refractivity contribution in [2.45, 2.75) is 25.9 Å². The van der Waals surface area contributed by atoms with Crippen LogP contribution in [0.5, 0.6) is 5.75 Å². The van der Waals surface area contributed by atoms with Crippen LogP contribution in [0.4, 0.5) is 5.69 Å². The maximum Gasteiger partial charge on any atom is 0.273 e. The van der Waals surface area contributed by atoms with Crippen LogP contribution in [0.3, 0.4) is 0 Å². The Hall–Kier alpha value is -3.46. The van der Waals surface area contributed by atoms with Crippen molar-refractivity contribution >= 4 is 23.0 Å². The predicted molar refractivity (Wildman–Crippen MR) is 122 cm³/mol. The van der Waals surface area contributed by atoms with Crippen LogP contribution < -0.4 is 10.1 Å². The van der Waals surface area contributed by atoms with E-state index in [1.165, 1.54) is 19.2 Å². The van der Waals surface area contributed by atoms with Gasteiger partial charge in [-0.1, -0.05) is 6.07 Å². The van der Waals surface area contributed by atoms with Gasteiger partial charge in [-0.3, -0.25) is 15.1 Å². The summed E-state index contributed by atoms with van der Waals surface area (Å²) in [7, 11) is 3.49. The molecule has 0 saturated carbocycles. The van der Waals surface area contributed by atoms with E-state index in [9.17, 15) is 10.1 Å². The number of ether oxygens (including phenoxy) is 1. The molecule has 31 heavy (non-hydrogen) atoms. The van der Waals surface area contributed by atoms with Gasteiger partial charge in [0.05, 0.1) is 41.6 Å². The van der Waals surface area contributed by atoms with Crippen LogP contribution in [0.15, 0.2) is 48.7 Å². The highest BCUT2D eigenvalue weighted by Crippen LogP contribution is 2.41. The van der Waals surface area contributed by atoms with Gasteiger partial charge in [0.2, 0.25) is 0 Å². The molecule has 2 atom stereocenters. The summed E-state index contributed by atoms with van der Waals surface area (Å²) in [6.45, 7) is 4.04. The van der Waals surface area contributed by atoms with Gasteiger partial charge < -0.3 is 19.5 Å². The Morgan fingerprint density at radius 3 is 2.65 bits per heavy atom. The molecule has 1 aromatic carbocycles. The Morgan fingerprint density at radius 2 is 2.00 bits per heavy atom. The molecule has 0 amide bonds. The molecule has 0 bridgehead atoms. The molecule has 9 heteroatoms. The first-order valence-corrected chi connectivity index (χ1v) is 10.2. The lowest BCUT2D eigenvalue weighted by molar-refractivity contribution is -0.384. The fourth-order valence-corrected chi connectivity index (χ4v) is 4.51. The molecule has 2 aromatic heterocycles. The summed E-state index contributed by atoms with van der Waals surface area (Å²) < 4.78 is 7.54. The number of methoxy groups -OCH3 is 1. The van der Waals surface area contributed by atoms with Crippen LogP contribution in [-0.4, -0.2) is 38.6 Å². The lowest BCUT2D eigenvalue weighted by atomic mass is 9.97. The van der Waals surface area contributed by atoms with Crippen LogP contribution in [0, 0.1) is 24.0 Å². The number of thiocarbonyl (C=S) groups is 1. The van der Waals surface area contributed by atoms with Crippen molar-refractivity contribution in [1.29, 1.82) is 0 Å². The molecular weight excluding hydrogens is 414 g/mol. The lowest BCUT2D eigenvalue weighted by Crippen LogP contribution is -2.25. The molecule has 0 spiro atoms. The van der Waals surface area contributed by atoms with E-state index in [0.717, 1.165) is 28.3 Å². The number of aromatic nitrogens is 2. The van der Waals surface area contributed by atoms with Crippen molar-refractivity contribution in [2.24, 2.45) is 0 Å². The van der Waals surface area contributed by atoms with Crippen molar-refractivity contribution in [3.8, 4) is 11.4 Å². The van der Waals surface area contributed by atoms with Gasteiger partial charge in [0.15, 0.2) is 5.11 Å². The smallest absolute Gasteiger partial charge is 0.273 e. The number of nitrogens with one attached hydrogen (secondary N) is 1. The summed E-state index contributed by atoms with van der Waals surface area (Å²) in [5, 5.41) is 15.2. The molecule has 0 radical (unpaired) electrons. The summed E-state index contributed by atoms with van der Waals surface area (Å²) in [6, 6.07) is 12.5. The first-order chi connectivity index (χ1) is 14.8. The van der Waals surface area contributed by atoms with E-state index in [2.05, 4.69) is 20.9 Å². The number of nitrogens with zero attached hydrogens (tertiary/aromatic N) is 4. The Kier molecular flexibility index (Phi) is 5.36. The largest absolute Gasteiger partial charge is 0.494 e. The minimum Gasteiger partial charge on any atom is -0.494 e. The third kappa shape index (κ3) is 3.50. The molecular formula is C22H23N5O3S. The standard InChI is InChI=1S/C22H23N5O3S/c1-13-11-16(21-20(24-22(31)25(21)3)17-7-5-6-10-23-17)14(2)26(13)18-9-8-15(27(28)29)12-19(18)30-4/h5-12,20-21H,1-4H3,(H,24,31). The molecule has 160 valence electrons. The Labute approximate surface area is 185 Å². The molecule has 8 nitrogen and oxygen atoms in total. The first kappa shape index (κ1) is 20.8. The van der Waals surface area contributed by atoms with Crippen molar-refractivity contribution in [1.82, 2.24) is 19.8 Å². The maximum absolute atomic E-state index is 11.2. The number of hydrogen-bond acceptors (Lipinski definition) is 5. The molecule has 1 N–H and O–H groups in total. The number of pyridine rings is 1. The molecule has 3 aromatic rings. The summed E-state index contributed by atoms with van der Waals surface area (Å²) in [5.74, 6) is 0.442. The van der Waals surface area contributed by atoms with E-state index >= 15 is 0 Å². The number of aryl methyl sites for hydroxylation is 1. The summed E-state index contributed by atoms with van der Waals surface area (Å²) in [5.41, 5.74) is 4.75. The van der Waals surface area contributed by atoms with Gasteiger partial charge in [0.25, 0.3) is 5.69 Å². The highest BCUT2D eigenvalue weighted by molar-refractivity contribution is 7.80. The van der Waals surface area contributed by atoms with Crippen LogP contribution in [0.2, 0.25) is 0 Å². The van der Waals surface area contributed by atoms with E-state index in [4.69, 9.17) is 17.0 Å². The van der Waals surface area contributed by atoms with E-state index in [1.54, 1.807) is 12.3 Å². The number of nitro benzene ring substituents is 1. The maximum atomic E-state index is 11.2. The zero-order chi connectivity index (χ0) is 22.3. The molecule has 1 saturated heterocycles. The van der Waals surface area contributed by atoms with Gasteiger partial charge in [-0.15, -0.1) is 0 Å². The zero-order valence-electron chi connectivity index (χ0n) is 17.7. The Balaban J connectivity index is 1.83. The fourth-order valence-electron chi connectivity index (χ4n) is 4.27. The Bertz CT molecular complexity index is 1160. The number of rotatable bonds is 5. The van der Waals surface area contributed by atoms with Gasteiger partial charge in [0, 0.05) is 30.7 Å². The molecule has 1 aliphatic rings. The second kappa shape index (κ2) is 7.99. The van der Waals surface area contributed by atoms with Crippen LogP contribution in [0.1, 0.15) is 34.7 Å². The molecule has 2 unspecified atom stereocenters. The molecule has 1 fully saturated rings. The van der Waals surface area contributed by atoms with Crippen LogP contribution in [-0.2, 0) is 0 Å². The van der Waals surface area contributed by atoms with E-state index in [0.29, 0.717) is 10.9 Å². The normalized spacial score (nSPS) is 18.2. The topological polar surface area (TPSA) is 85.5 Å². The summed E-state index contributed by atoms with van der Waals surface area (Å²) >= 11 is 5.55. The average Bonchev–Trinajstić information content (AvgIpc) is 3.22. The minimum absolute atomic E-state index is 0.0106. The predicted octanol–water partition coefficient (Wildman–Crippen LogP) is 4.01. The van der Waals surface area contributed by atoms with Gasteiger partial charge in [-0.2, -0.15) is 0 Å². The van der Waals surface area contributed by atoms with Crippen molar-refractivity contribution in [3.05, 3.63) is 81.4 Å². The quantitative estimate of drug-likeness (QED) is 0.367. The minimum atomic E-state index is -0.426. The number of hydrogen-bond donors (Lipinski definition) is 1. The van der Waals surface area contributed by atoms with Gasteiger partial charge in [-0.25, -0.2) is 0 Å². The van der Waals surface area contributed by atoms with Gasteiger partial charge in [0.1, 0.15) is 5.75 Å². The highest BCUT2D eigenvalue weighted by Gasteiger charge is 2.39. The summed E-state index contributed by atoms with van der Waals surface area (Å²) in [6.07, 6.45) is 1.78. The number of likely N-dealkylation sites (N-methyl/N-ethyl adjacent to an activating group) is 1. The van der Waals surface area contributed by atoms with Crippen molar-refractivity contribution in [3.63, 3.8) is 0 Å². The molecule has 1 aliphatic heterocycles. The fraction of sp³-hybridized carbons (Fsp3) is 0.273. The Morgan fingerprint density at radius 1 is 1.23 bits per heavy atom. The third-order valence-corrected chi connectivity index (χ3v) is 6.15. The van der Waals surface area contributed by atoms with Gasteiger partial charge >= 0.3 is 0 Å². The zero-order valence-corrected chi connectivity index (χ0v) is 18.5. The number of nitro groups is 1.